The van der Waals surface area contributed by atoms with Crippen molar-refractivity contribution in [2.24, 2.45) is 0 Å². The number of hydrogen-bond donors (Lipinski definition) is 1. The van der Waals surface area contributed by atoms with Gasteiger partial charge in [-0.25, -0.2) is 18.5 Å². The van der Waals surface area contributed by atoms with Crippen LogP contribution in [0.3, 0.4) is 0 Å². The minimum Gasteiger partial charge on any atom is -0.748 e. The van der Waals surface area contributed by atoms with E-state index < -0.39 is 23.1 Å². The second-order valence-electron chi connectivity index (χ2n) is 5.10. The molecule has 0 aliphatic rings. The van der Waals surface area contributed by atoms with Crippen LogP contribution in [0, 0.1) is 5.82 Å². The Balaban J connectivity index is 2.24. The summed E-state index contributed by atoms with van der Waals surface area (Å²) in [7, 11) is 1.37. The van der Waals surface area contributed by atoms with Gasteiger partial charge in [0.1, 0.15) is 34.6 Å². The first-order valence-electron chi connectivity index (χ1n) is 6.92. The molecular weight excluding hydrogens is 353 g/mol. The van der Waals surface area contributed by atoms with Crippen molar-refractivity contribution in [1.29, 1.82) is 0 Å². The number of hydroxylamine groups is 1. The van der Waals surface area contributed by atoms with Gasteiger partial charge in [0.2, 0.25) is 0 Å². The molecule has 0 saturated carbocycles. The van der Waals surface area contributed by atoms with Crippen LogP contribution in [-0.4, -0.2) is 26.9 Å². The lowest BCUT2D eigenvalue weighted by atomic mass is 10.00. The molecule has 0 radical (unpaired) electrons. The molecule has 1 atom stereocenters. The van der Waals surface area contributed by atoms with Crippen LogP contribution < -0.4 is 5.06 Å². The Morgan fingerprint density at radius 3 is 2.60 bits per heavy atom. The van der Waals surface area contributed by atoms with Crippen LogP contribution in [0.5, 0.6) is 0 Å². The standard InChI is InChI=1S/C16H12FNO6S/c1-18(24-25(21)22)14-7-15-12(13(8-23-15)16(19)20)6-11(14)9-2-4-10(17)5-3-9/h2-8H,1H3,(H,19,20)(H,21,22)/p-1. The number of carboxylic acid groups (broad SMARTS) is 1. The number of furan rings is 1. The number of anilines is 1. The molecule has 0 bridgehead atoms. The summed E-state index contributed by atoms with van der Waals surface area (Å²) < 4.78 is 44.7. The molecule has 7 nitrogen and oxygen atoms in total. The van der Waals surface area contributed by atoms with Gasteiger partial charge >= 0.3 is 5.97 Å². The molecular formula is C16H11FNO6S-. The molecule has 1 N–H and O–H groups in total. The van der Waals surface area contributed by atoms with Crippen molar-refractivity contribution in [1.82, 2.24) is 0 Å². The van der Waals surface area contributed by atoms with Gasteiger partial charge in [0, 0.05) is 24.1 Å². The van der Waals surface area contributed by atoms with Crippen molar-refractivity contribution in [3.05, 3.63) is 54.0 Å². The summed E-state index contributed by atoms with van der Waals surface area (Å²) in [5, 5.41) is 10.6. The fourth-order valence-electron chi connectivity index (χ4n) is 2.48. The third kappa shape index (κ3) is 3.38. The lowest BCUT2D eigenvalue weighted by Gasteiger charge is -2.22. The molecule has 1 heterocycles. The van der Waals surface area contributed by atoms with E-state index in [9.17, 15) is 23.1 Å². The molecule has 25 heavy (non-hydrogen) atoms. The molecule has 1 aromatic heterocycles. The Bertz CT molecular complexity index is 969. The molecule has 1 unspecified atom stereocenters. The topological polar surface area (TPSA) is 103 Å². The van der Waals surface area contributed by atoms with Gasteiger partial charge in [0.15, 0.2) is 0 Å². The van der Waals surface area contributed by atoms with Crippen LogP contribution in [0.2, 0.25) is 0 Å². The van der Waals surface area contributed by atoms with E-state index in [4.69, 9.17) is 4.42 Å². The summed E-state index contributed by atoms with van der Waals surface area (Å²) in [6.07, 6.45) is 1.10. The van der Waals surface area contributed by atoms with Gasteiger partial charge in [0.25, 0.3) is 0 Å². The molecule has 130 valence electrons. The van der Waals surface area contributed by atoms with Gasteiger partial charge in [0.05, 0.1) is 5.69 Å². The van der Waals surface area contributed by atoms with E-state index in [1.807, 2.05) is 0 Å². The lowest BCUT2D eigenvalue weighted by Crippen LogP contribution is -2.19. The van der Waals surface area contributed by atoms with Crippen molar-refractivity contribution >= 4 is 34.0 Å². The number of carboxylic acids is 1. The number of rotatable bonds is 5. The van der Waals surface area contributed by atoms with E-state index >= 15 is 0 Å². The van der Waals surface area contributed by atoms with E-state index in [1.54, 1.807) is 0 Å². The van der Waals surface area contributed by atoms with Crippen molar-refractivity contribution in [2.75, 3.05) is 12.1 Å². The molecule has 0 aliphatic carbocycles. The Morgan fingerprint density at radius 1 is 1.32 bits per heavy atom. The Morgan fingerprint density at radius 2 is 2.00 bits per heavy atom. The number of nitrogens with zero attached hydrogens (tertiary/aromatic N) is 1. The lowest BCUT2D eigenvalue weighted by molar-refractivity contribution is 0.0698. The molecule has 0 fully saturated rings. The Hall–Kier alpha value is -2.75. The average molecular weight is 364 g/mol. The Labute approximate surface area is 143 Å². The van der Waals surface area contributed by atoms with Crippen LogP contribution in [-0.2, 0) is 15.6 Å². The molecule has 9 heteroatoms. The normalized spacial score (nSPS) is 12.3. The fraction of sp³-hybridized carbons (Fsp3) is 0.0625. The summed E-state index contributed by atoms with van der Waals surface area (Å²) in [5.41, 5.74) is 1.49. The van der Waals surface area contributed by atoms with Gasteiger partial charge < -0.3 is 14.1 Å². The monoisotopic (exact) mass is 364 g/mol. The zero-order valence-electron chi connectivity index (χ0n) is 12.8. The van der Waals surface area contributed by atoms with E-state index in [2.05, 4.69) is 4.28 Å². The van der Waals surface area contributed by atoms with Gasteiger partial charge in [-0.05, 0) is 23.8 Å². The zero-order valence-corrected chi connectivity index (χ0v) is 13.6. The third-order valence-corrected chi connectivity index (χ3v) is 3.93. The summed E-state index contributed by atoms with van der Waals surface area (Å²) in [4.78, 5) is 11.3. The molecule has 3 aromatic rings. The number of aromatic carboxylic acids is 1. The highest BCUT2D eigenvalue weighted by Crippen LogP contribution is 2.36. The van der Waals surface area contributed by atoms with Gasteiger partial charge in [-0.1, -0.05) is 12.1 Å². The Kier molecular flexibility index (Phi) is 4.53. The van der Waals surface area contributed by atoms with Crippen LogP contribution in [0.1, 0.15) is 10.4 Å². The number of fused-ring (bicyclic) bond motifs is 1. The molecule has 2 aromatic carbocycles. The van der Waals surface area contributed by atoms with E-state index in [0.717, 1.165) is 11.3 Å². The van der Waals surface area contributed by atoms with Crippen LogP contribution >= 0.6 is 0 Å². The van der Waals surface area contributed by atoms with Crippen molar-refractivity contribution < 1.29 is 31.8 Å². The largest absolute Gasteiger partial charge is 0.748 e. The molecule has 0 amide bonds. The predicted octanol–water partition coefficient (Wildman–Crippen LogP) is 3.10. The molecule has 0 spiro atoms. The minimum atomic E-state index is -2.81. The average Bonchev–Trinajstić information content (AvgIpc) is 2.97. The number of benzene rings is 2. The van der Waals surface area contributed by atoms with Crippen LogP contribution in [0.15, 0.2) is 47.1 Å². The summed E-state index contributed by atoms with van der Waals surface area (Å²) in [5.74, 6) is -1.60. The van der Waals surface area contributed by atoms with Gasteiger partial charge in [-0.3, -0.25) is 0 Å². The third-order valence-electron chi connectivity index (χ3n) is 3.59. The fourth-order valence-corrected chi connectivity index (χ4v) is 2.74. The maximum atomic E-state index is 13.2. The predicted molar refractivity (Wildman–Crippen MR) is 87.0 cm³/mol. The highest BCUT2D eigenvalue weighted by Gasteiger charge is 2.19. The summed E-state index contributed by atoms with van der Waals surface area (Å²) in [6.45, 7) is 0. The first kappa shape index (κ1) is 17.1. The SMILES string of the molecule is CN(OS(=O)[O-])c1cc2occ(C(=O)O)c2cc1-c1ccc(F)cc1. The summed E-state index contributed by atoms with van der Waals surface area (Å²) >= 11 is -2.81. The molecule has 3 rings (SSSR count). The smallest absolute Gasteiger partial charge is 0.339 e. The van der Waals surface area contributed by atoms with Gasteiger partial charge in [-0.2, -0.15) is 4.28 Å². The zero-order chi connectivity index (χ0) is 18.1. The van der Waals surface area contributed by atoms with Crippen LogP contribution in [0.4, 0.5) is 10.1 Å². The molecule has 0 aliphatic heterocycles. The first-order chi connectivity index (χ1) is 11.9. The quantitative estimate of drug-likeness (QED) is 0.548. The van der Waals surface area contributed by atoms with E-state index in [-0.39, 0.29) is 11.1 Å². The van der Waals surface area contributed by atoms with Gasteiger partial charge in [-0.15, -0.1) is 0 Å². The number of hydrogen-bond acceptors (Lipinski definition) is 6. The second-order valence-corrected chi connectivity index (χ2v) is 5.66. The maximum Gasteiger partial charge on any atom is 0.339 e. The minimum absolute atomic E-state index is 0.0408. The van der Waals surface area contributed by atoms with Crippen molar-refractivity contribution in [3.63, 3.8) is 0 Å². The highest BCUT2D eigenvalue weighted by atomic mass is 32.2. The van der Waals surface area contributed by atoms with Crippen molar-refractivity contribution in [2.45, 2.75) is 0 Å². The molecule has 0 saturated heterocycles. The van der Waals surface area contributed by atoms with Crippen LogP contribution in [0.25, 0.3) is 22.1 Å². The highest BCUT2D eigenvalue weighted by molar-refractivity contribution is 7.74. The maximum absolute atomic E-state index is 13.2. The number of carbonyl (C=O) groups is 1. The van der Waals surface area contributed by atoms with Crippen molar-refractivity contribution in [3.8, 4) is 11.1 Å². The summed E-state index contributed by atoms with van der Waals surface area (Å²) in [6, 6.07) is 8.43. The number of halogens is 1. The second kappa shape index (κ2) is 6.63. The van der Waals surface area contributed by atoms with E-state index in [0.29, 0.717) is 22.2 Å². The van der Waals surface area contributed by atoms with E-state index in [1.165, 1.54) is 43.4 Å². The first-order valence-corrected chi connectivity index (χ1v) is 7.92.